The molecule has 0 atom stereocenters. The molecule has 1 aliphatic carbocycles. The molecule has 0 saturated heterocycles. The van der Waals surface area contributed by atoms with E-state index in [-0.39, 0.29) is 5.54 Å². The van der Waals surface area contributed by atoms with Crippen molar-refractivity contribution in [1.29, 1.82) is 0 Å². The van der Waals surface area contributed by atoms with Gasteiger partial charge in [-0.25, -0.2) is 0 Å². The smallest absolute Gasteiger partial charge is 0.122 e. The summed E-state index contributed by atoms with van der Waals surface area (Å²) in [4.78, 5) is 0. The van der Waals surface area contributed by atoms with Crippen LogP contribution in [0, 0.1) is 12.8 Å². The molecule has 0 bridgehead atoms. The second-order valence-electron chi connectivity index (χ2n) is 5.02. The maximum absolute atomic E-state index is 6.41. The van der Waals surface area contributed by atoms with Crippen molar-refractivity contribution in [3.8, 4) is 5.75 Å². The predicted molar refractivity (Wildman–Crippen MR) is 66.6 cm³/mol. The van der Waals surface area contributed by atoms with E-state index in [1.54, 1.807) is 7.11 Å². The van der Waals surface area contributed by atoms with Crippen LogP contribution in [0.5, 0.6) is 5.75 Å². The summed E-state index contributed by atoms with van der Waals surface area (Å²) in [6.07, 6.45) is 3.45. The van der Waals surface area contributed by atoms with Crippen molar-refractivity contribution in [3.63, 3.8) is 0 Å². The fourth-order valence-corrected chi connectivity index (χ4v) is 2.62. The molecule has 2 heteroatoms. The van der Waals surface area contributed by atoms with Gasteiger partial charge in [-0.15, -0.1) is 0 Å². The highest BCUT2D eigenvalue weighted by atomic mass is 16.5. The molecule has 1 fully saturated rings. The zero-order valence-corrected chi connectivity index (χ0v) is 10.4. The fraction of sp³-hybridized carbons (Fsp3) is 0.571. The third kappa shape index (κ3) is 1.82. The van der Waals surface area contributed by atoms with Crippen molar-refractivity contribution in [2.75, 3.05) is 7.11 Å². The SMILES string of the molecule is CCC1CC(N)(c2ccc(C)c(OC)c2)C1. The molecule has 2 N–H and O–H groups in total. The van der Waals surface area contributed by atoms with Crippen molar-refractivity contribution in [2.24, 2.45) is 11.7 Å². The maximum Gasteiger partial charge on any atom is 0.122 e. The van der Waals surface area contributed by atoms with Crippen molar-refractivity contribution in [2.45, 2.75) is 38.6 Å². The molecule has 2 nitrogen and oxygen atoms in total. The lowest BCUT2D eigenvalue weighted by molar-refractivity contribution is 0.143. The third-order valence-corrected chi connectivity index (χ3v) is 3.87. The number of hydrogen-bond donors (Lipinski definition) is 1. The summed E-state index contributed by atoms with van der Waals surface area (Å²) >= 11 is 0. The van der Waals surface area contributed by atoms with Gasteiger partial charge in [0.1, 0.15) is 5.75 Å². The zero-order valence-electron chi connectivity index (χ0n) is 10.4. The van der Waals surface area contributed by atoms with Crippen LogP contribution >= 0.6 is 0 Å². The van der Waals surface area contributed by atoms with Crippen LogP contribution in [0.2, 0.25) is 0 Å². The summed E-state index contributed by atoms with van der Waals surface area (Å²) in [6, 6.07) is 6.34. The van der Waals surface area contributed by atoms with Crippen molar-refractivity contribution >= 4 is 0 Å². The van der Waals surface area contributed by atoms with E-state index >= 15 is 0 Å². The Morgan fingerprint density at radius 2 is 2.12 bits per heavy atom. The van der Waals surface area contributed by atoms with Gasteiger partial charge in [-0.1, -0.05) is 25.5 Å². The fourth-order valence-electron chi connectivity index (χ4n) is 2.62. The van der Waals surface area contributed by atoms with Gasteiger partial charge in [0.15, 0.2) is 0 Å². The topological polar surface area (TPSA) is 35.2 Å². The Morgan fingerprint density at radius 1 is 1.44 bits per heavy atom. The average molecular weight is 219 g/mol. The second-order valence-corrected chi connectivity index (χ2v) is 5.02. The molecular formula is C14H21NO. The van der Waals surface area contributed by atoms with Crippen molar-refractivity contribution < 1.29 is 4.74 Å². The molecule has 1 saturated carbocycles. The first-order valence-corrected chi connectivity index (χ1v) is 6.03. The van der Waals surface area contributed by atoms with Gasteiger partial charge in [-0.05, 0) is 42.9 Å². The Hall–Kier alpha value is -1.02. The molecule has 2 rings (SSSR count). The highest BCUT2D eigenvalue weighted by molar-refractivity contribution is 5.40. The minimum absolute atomic E-state index is 0.109. The van der Waals surface area contributed by atoms with Crippen LogP contribution in [0.25, 0.3) is 0 Å². The summed E-state index contributed by atoms with van der Waals surface area (Å²) in [5, 5.41) is 0. The summed E-state index contributed by atoms with van der Waals surface area (Å²) < 4.78 is 5.35. The van der Waals surface area contributed by atoms with Gasteiger partial charge < -0.3 is 10.5 Å². The molecule has 0 heterocycles. The van der Waals surface area contributed by atoms with Gasteiger partial charge in [-0.3, -0.25) is 0 Å². The standard InChI is InChI=1S/C14H21NO/c1-4-11-8-14(15,9-11)12-6-5-10(2)13(7-12)16-3/h5-7,11H,4,8-9,15H2,1-3H3. The van der Waals surface area contributed by atoms with Crippen LogP contribution in [0.1, 0.15) is 37.3 Å². The first-order valence-electron chi connectivity index (χ1n) is 6.03. The number of rotatable bonds is 3. The van der Waals surface area contributed by atoms with Gasteiger partial charge >= 0.3 is 0 Å². The molecule has 0 amide bonds. The number of methoxy groups -OCH3 is 1. The number of benzene rings is 1. The van der Waals surface area contributed by atoms with Gasteiger partial charge in [0, 0.05) is 5.54 Å². The number of hydrogen-bond acceptors (Lipinski definition) is 2. The van der Waals surface area contributed by atoms with E-state index in [0.717, 1.165) is 24.5 Å². The lowest BCUT2D eigenvalue weighted by Gasteiger charge is -2.45. The quantitative estimate of drug-likeness (QED) is 0.848. The first-order chi connectivity index (χ1) is 7.59. The van der Waals surface area contributed by atoms with E-state index < -0.39 is 0 Å². The third-order valence-electron chi connectivity index (χ3n) is 3.87. The van der Waals surface area contributed by atoms with Crippen LogP contribution in [0.3, 0.4) is 0 Å². The van der Waals surface area contributed by atoms with Crippen LogP contribution < -0.4 is 10.5 Å². The average Bonchev–Trinajstić information content (AvgIpc) is 2.25. The first kappa shape index (κ1) is 11.5. The molecule has 0 aliphatic heterocycles. The summed E-state index contributed by atoms with van der Waals surface area (Å²) in [6.45, 7) is 4.29. The molecule has 88 valence electrons. The molecule has 0 unspecified atom stereocenters. The lowest BCUT2D eigenvalue weighted by atomic mass is 9.64. The van der Waals surface area contributed by atoms with E-state index in [0.29, 0.717) is 0 Å². The normalized spacial score (nSPS) is 28.6. The minimum atomic E-state index is -0.109. The summed E-state index contributed by atoms with van der Waals surface area (Å²) in [7, 11) is 1.71. The largest absolute Gasteiger partial charge is 0.496 e. The number of ether oxygens (including phenoxy) is 1. The van der Waals surface area contributed by atoms with E-state index in [1.807, 2.05) is 0 Å². The van der Waals surface area contributed by atoms with Gasteiger partial charge in [0.05, 0.1) is 7.11 Å². The minimum Gasteiger partial charge on any atom is -0.496 e. The Morgan fingerprint density at radius 3 is 2.69 bits per heavy atom. The van der Waals surface area contributed by atoms with Crippen LogP contribution in [-0.4, -0.2) is 7.11 Å². The highest BCUT2D eigenvalue weighted by Gasteiger charge is 2.41. The Bertz CT molecular complexity index is 380. The predicted octanol–water partition coefficient (Wildman–Crippen LogP) is 2.98. The van der Waals surface area contributed by atoms with Gasteiger partial charge in [0.2, 0.25) is 0 Å². The molecule has 0 spiro atoms. The van der Waals surface area contributed by atoms with E-state index in [1.165, 1.54) is 17.5 Å². The molecule has 1 aromatic rings. The number of aryl methyl sites for hydroxylation is 1. The van der Waals surface area contributed by atoms with Crippen LogP contribution in [-0.2, 0) is 5.54 Å². The van der Waals surface area contributed by atoms with Gasteiger partial charge in [-0.2, -0.15) is 0 Å². The summed E-state index contributed by atoms with van der Waals surface area (Å²) in [5.74, 6) is 1.75. The molecule has 1 aliphatic rings. The highest BCUT2D eigenvalue weighted by Crippen LogP contribution is 2.45. The second kappa shape index (κ2) is 4.10. The van der Waals surface area contributed by atoms with Crippen molar-refractivity contribution in [3.05, 3.63) is 29.3 Å². The summed E-state index contributed by atoms with van der Waals surface area (Å²) in [5.41, 5.74) is 8.69. The molecule has 0 radical (unpaired) electrons. The molecule has 0 aromatic heterocycles. The van der Waals surface area contributed by atoms with Crippen LogP contribution in [0.15, 0.2) is 18.2 Å². The van der Waals surface area contributed by atoms with Crippen molar-refractivity contribution in [1.82, 2.24) is 0 Å². The zero-order chi connectivity index (χ0) is 11.8. The van der Waals surface area contributed by atoms with E-state index in [9.17, 15) is 0 Å². The molecule has 16 heavy (non-hydrogen) atoms. The Kier molecular flexibility index (Phi) is 2.94. The van der Waals surface area contributed by atoms with E-state index in [4.69, 9.17) is 10.5 Å². The Balaban J connectivity index is 2.22. The molecular weight excluding hydrogens is 198 g/mol. The number of nitrogens with two attached hydrogens (primary N) is 1. The van der Waals surface area contributed by atoms with E-state index in [2.05, 4.69) is 32.0 Å². The lowest BCUT2D eigenvalue weighted by Crippen LogP contribution is -2.48. The maximum atomic E-state index is 6.41. The monoisotopic (exact) mass is 219 g/mol. The van der Waals surface area contributed by atoms with Gasteiger partial charge in [0.25, 0.3) is 0 Å². The van der Waals surface area contributed by atoms with Crippen LogP contribution in [0.4, 0.5) is 0 Å². The molecule has 1 aromatic carbocycles. The Labute approximate surface area is 97.8 Å².